The predicted octanol–water partition coefficient (Wildman–Crippen LogP) is 1.27. The molecular weight excluding hydrogens is 340 g/mol. The Hall–Kier alpha value is -2.12. The first-order chi connectivity index (χ1) is 11.8. The first kappa shape index (κ1) is 17.7. The zero-order chi connectivity index (χ0) is 16.4. The van der Waals surface area contributed by atoms with Crippen LogP contribution in [0.25, 0.3) is 0 Å². The highest BCUT2D eigenvalue weighted by Crippen LogP contribution is 2.19. The standard InChI is InChI=1S/C17H22N6O.ClH/c24-17(16-13-11-18-8-4-14(13)21-22-16)20-12-5-9-23(10-6-12)15-3-1-2-7-19-15;/h1-3,7,12,18H,4-6,8-11H2,(H,20,24)(H,21,22);1H. The van der Waals surface area contributed by atoms with Crippen molar-refractivity contribution >= 4 is 24.1 Å². The van der Waals surface area contributed by atoms with Gasteiger partial charge >= 0.3 is 0 Å². The van der Waals surface area contributed by atoms with E-state index in [1.54, 1.807) is 0 Å². The Morgan fingerprint density at radius 3 is 2.88 bits per heavy atom. The third kappa shape index (κ3) is 3.77. The highest BCUT2D eigenvalue weighted by Gasteiger charge is 2.25. The van der Waals surface area contributed by atoms with Crippen LogP contribution < -0.4 is 15.5 Å². The van der Waals surface area contributed by atoms with Crippen molar-refractivity contribution in [2.24, 2.45) is 0 Å². The molecule has 2 aromatic rings. The largest absolute Gasteiger partial charge is 0.356 e. The van der Waals surface area contributed by atoms with Crippen LogP contribution in [0.5, 0.6) is 0 Å². The van der Waals surface area contributed by atoms with Crippen molar-refractivity contribution in [2.75, 3.05) is 24.5 Å². The monoisotopic (exact) mass is 362 g/mol. The molecule has 0 bridgehead atoms. The number of hydrogen-bond acceptors (Lipinski definition) is 5. The van der Waals surface area contributed by atoms with Crippen molar-refractivity contribution in [1.82, 2.24) is 25.8 Å². The number of carbonyl (C=O) groups excluding carboxylic acids is 1. The number of halogens is 1. The second kappa shape index (κ2) is 7.84. The molecule has 0 radical (unpaired) electrons. The molecule has 8 heteroatoms. The van der Waals surface area contributed by atoms with E-state index in [0.717, 1.165) is 56.0 Å². The number of pyridine rings is 1. The minimum absolute atomic E-state index is 0. The van der Waals surface area contributed by atoms with Crippen molar-refractivity contribution in [1.29, 1.82) is 0 Å². The number of nitrogens with one attached hydrogen (secondary N) is 3. The molecule has 134 valence electrons. The number of amides is 1. The Bertz CT molecular complexity index is 711. The van der Waals surface area contributed by atoms with Gasteiger partial charge < -0.3 is 15.5 Å². The van der Waals surface area contributed by atoms with E-state index >= 15 is 0 Å². The molecule has 1 saturated heterocycles. The van der Waals surface area contributed by atoms with Crippen molar-refractivity contribution in [2.45, 2.75) is 31.8 Å². The van der Waals surface area contributed by atoms with Crippen LogP contribution in [0.3, 0.4) is 0 Å². The third-order valence-corrected chi connectivity index (χ3v) is 4.82. The first-order valence-corrected chi connectivity index (χ1v) is 8.55. The topological polar surface area (TPSA) is 85.9 Å². The molecule has 2 aromatic heterocycles. The summed E-state index contributed by atoms with van der Waals surface area (Å²) in [7, 11) is 0. The summed E-state index contributed by atoms with van der Waals surface area (Å²) in [5, 5.41) is 13.7. The summed E-state index contributed by atoms with van der Waals surface area (Å²) >= 11 is 0. The van der Waals surface area contributed by atoms with Crippen molar-refractivity contribution in [3.05, 3.63) is 41.3 Å². The normalized spacial score (nSPS) is 17.5. The maximum absolute atomic E-state index is 12.6. The molecule has 0 saturated carbocycles. The van der Waals surface area contributed by atoms with Gasteiger partial charge in [-0.3, -0.25) is 9.89 Å². The van der Waals surface area contributed by atoms with Crippen LogP contribution in [0.4, 0.5) is 5.82 Å². The molecule has 7 nitrogen and oxygen atoms in total. The zero-order valence-electron chi connectivity index (χ0n) is 14.0. The third-order valence-electron chi connectivity index (χ3n) is 4.82. The first-order valence-electron chi connectivity index (χ1n) is 8.55. The van der Waals surface area contributed by atoms with E-state index in [2.05, 4.69) is 30.7 Å². The van der Waals surface area contributed by atoms with Crippen molar-refractivity contribution in [3.63, 3.8) is 0 Å². The molecule has 1 amide bonds. The highest BCUT2D eigenvalue weighted by molar-refractivity contribution is 5.94. The van der Waals surface area contributed by atoms with Gasteiger partial charge in [0, 0.05) is 56.1 Å². The van der Waals surface area contributed by atoms with Crippen LogP contribution in [0.1, 0.15) is 34.6 Å². The lowest BCUT2D eigenvalue weighted by atomic mass is 10.0. The molecule has 0 unspecified atom stereocenters. The minimum Gasteiger partial charge on any atom is -0.356 e. The van der Waals surface area contributed by atoms with Crippen LogP contribution in [-0.4, -0.2) is 46.8 Å². The van der Waals surface area contributed by atoms with Crippen molar-refractivity contribution < 1.29 is 4.79 Å². The molecule has 2 aliphatic rings. The van der Waals surface area contributed by atoms with Crippen LogP contribution in [0.15, 0.2) is 24.4 Å². The van der Waals surface area contributed by atoms with Gasteiger partial charge in [-0.05, 0) is 25.0 Å². The summed E-state index contributed by atoms with van der Waals surface area (Å²) in [6.07, 6.45) is 4.57. The van der Waals surface area contributed by atoms with E-state index < -0.39 is 0 Å². The number of hydrogen-bond donors (Lipinski definition) is 3. The number of aromatic nitrogens is 3. The van der Waals surface area contributed by atoms with Gasteiger partial charge in [-0.25, -0.2) is 4.98 Å². The van der Waals surface area contributed by atoms with Gasteiger partial charge in [0.05, 0.1) is 0 Å². The van der Waals surface area contributed by atoms with E-state index in [9.17, 15) is 4.79 Å². The average molecular weight is 363 g/mol. The van der Waals surface area contributed by atoms with Crippen LogP contribution >= 0.6 is 12.4 Å². The Labute approximate surface area is 153 Å². The van der Waals surface area contributed by atoms with Gasteiger partial charge in [0.15, 0.2) is 5.69 Å². The smallest absolute Gasteiger partial charge is 0.272 e. The van der Waals surface area contributed by atoms with Gasteiger partial charge in [0.1, 0.15) is 5.82 Å². The van der Waals surface area contributed by atoms with Crippen LogP contribution in [0, 0.1) is 0 Å². The lowest BCUT2D eigenvalue weighted by Gasteiger charge is -2.33. The van der Waals surface area contributed by atoms with Gasteiger partial charge in [0.25, 0.3) is 5.91 Å². The zero-order valence-corrected chi connectivity index (χ0v) is 14.8. The number of aromatic amines is 1. The number of nitrogens with zero attached hydrogens (tertiary/aromatic N) is 3. The summed E-state index contributed by atoms with van der Waals surface area (Å²) < 4.78 is 0. The summed E-state index contributed by atoms with van der Waals surface area (Å²) in [5.74, 6) is 0.946. The fraction of sp³-hybridized carbons (Fsp3) is 0.471. The molecule has 0 spiro atoms. The van der Waals surface area contributed by atoms with E-state index in [1.807, 2.05) is 24.4 Å². The van der Waals surface area contributed by atoms with Gasteiger partial charge in [-0.2, -0.15) is 5.10 Å². The highest BCUT2D eigenvalue weighted by atomic mass is 35.5. The SMILES string of the molecule is Cl.O=C(NC1CCN(c2ccccn2)CC1)c1n[nH]c2c1CNCC2. The number of piperidine rings is 1. The second-order valence-electron chi connectivity index (χ2n) is 6.38. The lowest BCUT2D eigenvalue weighted by molar-refractivity contribution is 0.0925. The average Bonchev–Trinajstić information content (AvgIpc) is 3.07. The van der Waals surface area contributed by atoms with Crippen LogP contribution in [0.2, 0.25) is 0 Å². The molecule has 25 heavy (non-hydrogen) atoms. The van der Waals surface area contributed by atoms with Crippen LogP contribution in [-0.2, 0) is 13.0 Å². The lowest BCUT2D eigenvalue weighted by Crippen LogP contribution is -2.45. The van der Waals surface area contributed by atoms with Crippen molar-refractivity contribution in [3.8, 4) is 0 Å². The quantitative estimate of drug-likeness (QED) is 0.765. The number of fused-ring (bicyclic) bond motifs is 1. The summed E-state index contributed by atoms with van der Waals surface area (Å²) in [4.78, 5) is 19.2. The minimum atomic E-state index is -0.0625. The maximum atomic E-state index is 12.6. The second-order valence-corrected chi connectivity index (χ2v) is 6.38. The fourth-order valence-electron chi connectivity index (χ4n) is 3.46. The fourth-order valence-corrected chi connectivity index (χ4v) is 3.46. The van der Waals surface area contributed by atoms with Gasteiger partial charge in [-0.15, -0.1) is 12.4 Å². The molecule has 2 aliphatic heterocycles. The molecular formula is C17H23ClN6O. The molecule has 0 aromatic carbocycles. The molecule has 0 atom stereocenters. The molecule has 4 heterocycles. The van der Waals surface area contributed by atoms with E-state index in [4.69, 9.17) is 0 Å². The maximum Gasteiger partial charge on any atom is 0.272 e. The van der Waals surface area contributed by atoms with Gasteiger partial charge in [-0.1, -0.05) is 6.07 Å². The Kier molecular flexibility index (Phi) is 5.55. The summed E-state index contributed by atoms with van der Waals surface area (Å²) in [6, 6.07) is 6.16. The molecule has 0 aliphatic carbocycles. The molecule has 1 fully saturated rings. The Morgan fingerprint density at radius 2 is 2.12 bits per heavy atom. The Morgan fingerprint density at radius 1 is 1.28 bits per heavy atom. The Balaban J connectivity index is 0.00000182. The predicted molar refractivity (Wildman–Crippen MR) is 98.2 cm³/mol. The van der Waals surface area contributed by atoms with E-state index in [0.29, 0.717) is 12.2 Å². The number of H-pyrrole nitrogens is 1. The number of rotatable bonds is 3. The molecule has 3 N–H and O–H groups in total. The summed E-state index contributed by atoms with van der Waals surface area (Å²) in [6.45, 7) is 3.46. The van der Waals surface area contributed by atoms with E-state index in [-0.39, 0.29) is 24.4 Å². The van der Waals surface area contributed by atoms with Gasteiger partial charge in [0.2, 0.25) is 0 Å². The number of carbonyl (C=O) groups is 1. The number of anilines is 1. The molecule has 4 rings (SSSR count). The van der Waals surface area contributed by atoms with E-state index in [1.165, 1.54) is 0 Å². The summed E-state index contributed by atoms with van der Waals surface area (Å²) in [5.41, 5.74) is 2.65.